The van der Waals surface area contributed by atoms with Crippen molar-refractivity contribution in [1.29, 1.82) is 0 Å². The number of carbonyl (C=O) groups is 1. The summed E-state index contributed by atoms with van der Waals surface area (Å²) in [5, 5.41) is 12.4. The van der Waals surface area contributed by atoms with Crippen LogP contribution in [0, 0.1) is 6.92 Å². The monoisotopic (exact) mass is 472 g/mol. The van der Waals surface area contributed by atoms with Crippen LogP contribution in [-0.2, 0) is 11.3 Å². The summed E-state index contributed by atoms with van der Waals surface area (Å²) in [6.45, 7) is 9.08. The van der Waals surface area contributed by atoms with Crippen molar-refractivity contribution >= 4 is 39.3 Å². The van der Waals surface area contributed by atoms with E-state index in [0.717, 1.165) is 38.8 Å². The van der Waals surface area contributed by atoms with E-state index in [1.807, 2.05) is 28.8 Å². The summed E-state index contributed by atoms with van der Waals surface area (Å²) < 4.78 is 3.05. The predicted octanol–water partition coefficient (Wildman–Crippen LogP) is 5.89. The number of hydrogen-bond acceptors (Lipinski definition) is 4. The summed E-state index contributed by atoms with van der Waals surface area (Å²) in [6, 6.07) is 14.2. The summed E-state index contributed by atoms with van der Waals surface area (Å²) in [7, 11) is 0. The highest BCUT2D eigenvalue weighted by molar-refractivity contribution is 9.10. The maximum Gasteiger partial charge on any atom is 0.234 e. The Balaban J connectivity index is 1.70. The molecule has 0 aliphatic carbocycles. The normalized spacial score (nSPS) is 11.1. The van der Waals surface area contributed by atoms with Crippen LogP contribution in [0.3, 0.4) is 0 Å². The molecular weight excluding hydrogens is 448 g/mol. The molecule has 0 saturated carbocycles. The molecule has 0 bridgehead atoms. The van der Waals surface area contributed by atoms with Crippen LogP contribution in [0.2, 0.25) is 0 Å². The third-order valence-electron chi connectivity index (χ3n) is 4.58. The zero-order valence-electron chi connectivity index (χ0n) is 17.1. The summed E-state index contributed by atoms with van der Waals surface area (Å²) in [5.41, 5.74) is 4.19. The number of aromatic nitrogens is 3. The second-order valence-electron chi connectivity index (χ2n) is 7.14. The van der Waals surface area contributed by atoms with Crippen LogP contribution < -0.4 is 5.32 Å². The van der Waals surface area contributed by atoms with Gasteiger partial charge >= 0.3 is 0 Å². The van der Waals surface area contributed by atoms with Crippen LogP contribution in [0.15, 0.2) is 52.1 Å². The predicted molar refractivity (Wildman–Crippen MR) is 123 cm³/mol. The van der Waals surface area contributed by atoms with Crippen LogP contribution in [0.1, 0.15) is 37.8 Å². The lowest BCUT2D eigenvalue weighted by molar-refractivity contribution is -0.113. The highest BCUT2D eigenvalue weighted by Gasteiger charge is 2.16. The average molecular weight is 473 g/mol. The van der Waals surface area contributed by atoms with Gasteiger partial charge in [-0.25, -0.2) is 0 Å². The number of carbonyl (C=O) groups excluding carboxylic acids is 1. The molecule has 0 saturated heterocycles. The van der Waals surface area contributed by atoms with E-state index in [1.54, 1.807) is 0 Å². The topological polar surface area (TPSA) is 59.8 Å². The molecule has 0 atom stereocenters. The first kappa shape index (κ1) is 21.6. The van der Waals surface area contributed by atoms with Crippen molar-refractivity contribution in [1.82, 2.24) is 14.8 Å². The van der Waals surface area contributed by atoms with Crippen LogP contribution >= 0.6 is 27.7 Å². The van der Waals surface area contributed by atoms with Gasteiger partial charge in [-0.15, -0.1) is 10.2 Å². The second-order valence-corrected chi connectivity index (χ2v) is 9.00. The molecule has 0 radical (unpaired) electrons. The Bertz CT molecular complexity index is 999. The van der Waals surface area contributed by atoms with E-state index >= 15 is 0 Å². The molecule has 29 heavy (non-hydrogen) atoms. The zero-order valence-corrected chi connectivity index (χ0v) is 19.5. The van der Waals surface area contributed by atoms with Crippen molar-refractivity contribution < 1.29 is 4.79 Å². The molecule has 3 aromatic rings. The maximum absolute atomic E-state index is 12.6. The molecule has 0 fully saturated rings. The molecule has 5 nitrogen and oxygen atoms in total. The maximum atomic E-state index is 12.6. The molecule has 1 heterocycles. The number of aryl methyl sites for hydroxylation is 1. The first-order valence-electron chi connectivity index (χ1n) is 9.61. The quantitative estimate of drug-likeness (QED) is 0.435. The third kappa shape index (κ3) is 5.28. The van der Waals surface area contributed by atoms with E-state index in [1.165, 1.54) is 17.3 Å². The van der Waals surface area contributed by atoms with Crippen molar-refractivity contribution in [2.45, 2.75) is 45.3 Å². The molecule has 2 aromatic carbocycles. The molecule has 7 heteroatoms. The van der Waals surface area contributed by atoms with Gasteiger partial charge in [0.15, 0.2) is 11.0 Å². The van der Waals surface area contributed by atoms with Gasteiger partial charge in [-0.05, 0) is 43.5 Å². The zero-order chi connectivity index (χ0) is 21.0. The van der Waals surface area contributed by atoms with E-state index < -0.39 is 0 Å². The Morgan fingerprint density at radius 2 is 1.90 bits per heavy atom. The minimum absolute atomic E-state index is 0.0539. The molecule has 3 rings (SSSR count). The fraction of sp³-hybridized carbons (Fsp3) is 0.318. The first-order chi connectivity index (χ1) is 13.9. The fourth-order valence-corrected chi connectivity index (χ4v) is 4.22. The largest absolute Gasteiger partial charge is 0.325 e. The molecule has 152 valence electrons. The van der Waals surface area contributed by atoms with Crippen LogP contribution in [0.25, 0.3) is 11.4 Å². The van der Waals surface area contributed by atoms with Gasteiger partial charge in [-0.3, -0.25) is 4.79 Å². The van der Waals surface area contributed by atoms with Crippen molar-refractivity contribution in [3.8, 4) is 11.4 Å². The van der Waals surface area contributed by atoms with Crippen molar-refractivity contribution in [2.75, 3.05) is 11.1 Å². The van der Waals surface area contributed by atoms with Gasteiger partial charge in [0.05, 0.1) is 5.75 Å². The summed E-state index contributed by atoms with van der Waals surface area (Å²) >= 11 is 4.90. The molecule has 0 unspecified atom stereocenters. The number of hydrogen-bond donors (Lipinski definition) is 1. The second kappa shape index (κ2) is 9.59. The number of benzene rings is 2. The lowest BCUT2D eigenvalue weighted by Crippen LogP contribution is -2.16. The van der Waals surface area contributed by atoms with Gasteiger partial charge in [-0.1, -0.05) is 71.4 Å². The number of nitrogens with one attached hydrogen (secondary N) is 1. The Kier molecular flexibility index (Phi) is 7.14. The smallest absolute Gasteiger partial charge is 0.234 e. The molecule has 1 N–H and O–H groups in total. The standard InChI is InChI=1S/C22H25BrN4OS/c1-5-27-21(16-8-6-15(4)7-9-16)25-26-22(27)29-13-20(28)24-19-11-10-17(23)12-18(19)14(2)3/h6-12,14H,5,13H2,1-4H3,(H,24,28). The van der Waals surface area contributed by atoms with Gasteiger partial charge in [0.2, 0.25) is 5.91 Å². The number of rotatable bonds is 7. The molecule has 0 aliphatic heterocycles. The van der Waals surface area contributed by atoms with Crippen molar-refractivity contribution in [3.05, 3.63) is 58.1 Å². The Hall–Kier alpha value is -2.12. The fourth-order valence-electron chi connectivity index (χ4n) is 3.04. The lowest BCUT2D eigenvalue weighted by Gasteiger charge is -2.14. The highest BCUT2D eigenvalue weighted by atomic mass is 79.9. The number of thioether (sulfide) groups is 1. The summed E-state index contributed by atoms with van der Waals surface area (Å²) in [4.78, 5) is 12.6. The SMILES string of the molecule is CCn1c(SCC(=O)Nc2ccc(Br)cc2C(C)C)nnc1-c1ccc(C)cc1. The molecule has 0 spiro atoms. The van der Waals surface area contributed by atoms with E-state index in [-0.39, 0.29) is 11.7 Å². The molecular formula is C22H25BrN4OS. The highest BCUT2D eigenvalue weighted by Crippen LogP contribution is 2.28. The lowest BCUT2D eigenvalue weighted by atomic mass is 10.0. The number of nitrogens with zero attached hydrogens (tertiary/aromatic N) is 3. The van der Waals surface area contributed by atoms with Gasteiger partial charge in [0.25, 0.3) is 0 Å². The van der Waals surface area contributed by atoms with Gasteiger partial charge in [0, 0.05) is 22.3 Å². The van der Waals surface area contributed by atoms with Crippen molar-refractivity contribution in [2.24, 2.45) is 0 Å². The first-order valence-corrected chi connectivity index (χ1v) is 11.4. The van der Waals surface area contributed by atoms with E-state index in [2.05, 4.69) is 77.3 Å². The van der Waals surface area contributed by atoms with E-state index in [9.17, 15) is 4.79 Å². The van der Waals surface area contributed by atoms with Crippen LogP contribution in [0.4, 0.5) is 5.69 Å². The Morgan fingerprint density at radius 3 is 2.55 bits per heavy atom. The van der Waals surface area contributed by atoms with Gasteiger partial charge in [0.1, 0.15) is 0 Å². The number of halogens is 1. The minimum atomic E-state index is -0.0539. The number of amides is 1. The molecule has 1 amide bonds. The van der Waals surface area contributed by atoms with Crippen LogP contribution in [0.5, 0.6) is 0 Å². The summed E-state index contributed by atoms with van der Waals surface area (Å²) in [5.74, 6) is 1.36. The third-order valence-corrected chi connectivity index (χ3v) is 6.04. The van der Waals surface area contributed by atoms with Crippen molar-refractivity contribution in [3.63, 3.8) is 0 Å². The van der Waals surface area contributed by atoms with E-state index in [4.69, 9.17) is 0 Å². The summed E-state index contributed by atoms with van der Waals surface area (Å²) in [6.07, 6.45) is 0. The number of anilines is 1. The molecule has 1 aromatic heterocycles. The average Bonchev–Trinajstić information content (AvgIpc) is 3.11. The molecule has 0 aliphatic rings. The minimum Gasteiger partial charge on any atom is -0.325 e. The Morgan fingerprint density at radius 1 is 1.17 bits per heavy atom. The van der Waals surface area contributed by atoms with E-state index in [0.29, 0.717) is 5.92 Å². The van der Waals surface area contributed by atoms with Gasteiger partial charge < -0.3 is 9.88 Å². The Labute approximate surface area is 184 Å². The van der Waals surface area contributed by atoms with Gasteiger partial charge in [-0.2, -0.15) is 0 Å². The van der Waals surface area contributed by atoms with Crippen LogP contribution in [-0.4, -0.2) is 26.4 Å².